The van der Waals surface area contributed by atoms with E-state index in [0.717, 1.165) is 25.0 Å². The minimum absolute atomic E-state index is 0.235. The van der Waals surface area contributed by atoms with Gasteiger partial charge in [0.25, 0.3) is 0 Å². The molecule has 1 unspecified atom stereocenters. The van der Waals surface area contributed by atoms with Gasteiger partial charge < -0.3 is 9.47 Å². The van der Waals surface area contributed by atoms with Crippen molar-refractivity contribution in [2.45, 2.75) is 51.9 Å². The van der Waals surface area contributed by atoms with E-state index in [2.05, 4.69) is 0 Å². The normalized spacial score (nSPS) is 19.6. The lowest BCUT2D eigenvalue weighted by atomic mass is 10.1. The van der Waals surface area contributed by atoms with Gasteiger partial charge in [-0.1, -0.05) is 18.2 Å². The van der Waals surface area contributed by atoms with Gasteiger partial charge in [0, 0.05) is 13.0 Å². The second-order valence-electron chi connectivity index (χ2n) is 6.06. The maximum atomic E-state index is 12.2. The molecule has 0 aliphatic carbocycles. The third-order valence-electron chi connectivity index (χ3n) is 3.09. The molecule has 0 saturated carbocycles. The van der Waals surface area contributed by atoms with Gasteiger partial charge >= 0.3 is 6.09 Å². The number of nitrogens with zero attached hydrogens (tertiary/aromatic N) is 1. The molecule has 0 aromatic heterocycles. The van der Waals surface area contributed by atoms with Crippen LogP contribution in [-0.4, -0.2) is 29.4 Å². The first-order valence-electron chi connectivity index (χ1n) is 7.17. The number of carbonyl (C=O) groups excluding carboxylic acids is 1. The van der Waals surface area contributed by atoms with Crippen LogP contribution in [0.1, 0.15) is 40.0 Å². The van der Waals surface area contributed by atoms with Crippen molar-refractivity contribution >= 4 is 6.09 Å². The van der Waals surface area contributed by atoms with Crippen LogP contribution in [0.25, 0.3) is 0 Å². The highest BCUT2D eigenvalue weighted by atomic mass is 16.6. The number of ether oxygens (including phenoxy) is 2. The lowest BCUT2D eigenvalue weighted by Crippen LogP contribution is -2.48. The number of piperidine rings is 1. The summed E-state index contributed by atoms with van der Waals surface area (Å²) >= 11 is 0. The lowest BCUT2D eigenvalue weighted by molar-refractivity contribution is -0.0342. The highest BCUT2D eigenvalue weighted by molar-refractivity contribution is 5.68. The number of hydrogen-bond donors (Lipinski definition) is 0. The molecule has 1 saturated heterocycles. The molecule has 1 aliphatic rings. The fourth-order valence-corrected chi connectivity index (χ4v) is 2.21. The molecule has 1 aromatic rings. The monoisotopic (exact) mass is 277 g/mol. The predicted octanol–water partition coefficient (Wildman–Crippen LogP) is 3.81. The average Bonchev–Trinajstić information content (AvgIpc) is 2.38. The van der Waals surface area contributed by atoms with Gasteiger partial charge in [-0.3, -0.25) is 4.90 Å². The Morgan fingerprint density at radius 3 is 2.55 bits per heavy atom. The smallest absolute Gasteiger partial charge is 0.413 e. The van der Waals surface area contributed by atoms with E-state index in [0.29, 0.717) is 6.54 Å². The molecule has 0 N–H and O–H groups in total. The van der Waals surface area contributed by atoms with Crippen LogP contribution >= 0.6 is 0 Å². The SMILES string of the molecule is CC(C)(C)OC(=O)N1CCCCC1Oc1ccccc1. The molecule has 1 amide bonds. The van der Waals surface area contributed by atoms with Crippen molar-refractivity contribution in [2.75, 3.05) is 6.54 Å². The van der Waals surface area contributed by atoms with Crippen molar-refractivity contribution in [3.8, 4) is 5.75 Å². The zero-order chi connectivity index (χ0) is 14.6. The Morgan fingerprint density at radius 2 is 1.90 bits per heavy atom. The Kier molecular flexibility index (Phi) is 4.53. The molecular formula is C16H23NO3. The summed E-state index contributed by atoms with van der Waals surface area (Å²) in [5.74, 6) is 0.785. The van der Waals surface area contributed by atoms with Crippen LogP contribution in [0.5, 0.6) is 5.75 Å². The Bertz CT molecular complexity index is 439. The summed E-state index contributed by atoms with van der Waals surface area (Å²) in [7, 11) is 0. The fourth-order valence-electron chi connectivity index (χ4n) is 2.21. The summed E-state index contributed by atoms with van der Waals surface area (Å²) in [4.78, 5) is 13.9. The van der Waals surface area contributed by atoms with E-state index in [9.17, 15) is 4.79 Å². The van der Waals surface area contributed by atoms with E-state index in [1.165, 1.54) is 0 Å². The number of likely N-dealkylation sites (tertiary alicyclic amines) is 1. The van der Waals surface area contributed by atoms with E-state index >= 15 is 0 Å². The Morgan fingerprint density at radius 1 is 1.20 bits per heavy atom. The Hall–Kier alpha value is -1.71. The van der Waals surface area contributed by atoms with Crippen LogP contribution in [0.2, 0.25) is 0 Å². The second kappa shape index (κ2) is 6.16. The highest BCUT2D eigenvalue weighted by Gasteiger charge is 2.31. The van der Waals surface area contributed by atoms with Crippen molar-refractivity contribution in [2.24, 2.45) is 0 Å². The third-order valence-corrected chi connectivity index (χ3v) is 3.09. The minimum atomic E-state index is -0.480. The summed E-state index contributed by atoms with van der Waals surface area (Å²) in [6, 6.07) is 9.61. The van der Waals surface area contributed by atoms with Crippen LogP contribution in [0, 0.1) is 0 Å². The Balaban J connectivity index is 2.03. The van der Waals surface area contributed by atoms with E-state index in [4.69, 9.17) is 9.47 Å². The van der Waals surface area contributed by atoms with Gasteiger partial charge in [-0.15, -0.1) is 0 Å². The van der Waals surface area contributed by atoms with Gasteiger partial charge in [-0.2, -0.15) is 0 Å². The maximum Gasteiger partial charge on any atom is 0.413 e. The summed E-state index contributed by atoms with van der Waals surface area (Å²) in [6.07, 6.45) is 2.37. The predicted molar refractivity (Wildman–Crippen MR) is 77.6 cm³/mol. The van der Waals surface area contributed by atoms with Crippen LogP contribution in [-0.2, 0) is 4.74 Å². The van der Waals surface area contributed by atoms with Crippen molar-refractivity contribution in [1.82, 2.24) is 4.90 Å². The number of hydrogen-bond acceptors (Lipinski definition) is 3. The first-order chi connectivity index (χ1) is 9.46. The van der Waals surface area contributed by atoms with Crippen LogP contribution < -0.4 is 4.74 Å². The molecule has 1 fully saturated rings. The molecule has 1 heterocycles. The highest BCUT2D eigenvalue weighted by Crippen LogP contribution is 2.23. The van der Waals surface area contributed by atoms with Crippen molar-refractivity contribution in [1.29, 1.82) is 0 Å². The van der Waals surface area contributed by atoms with E-state index in [1.807, 2.05) is 51.1 Å². The molecule has 4 nitrogen and oxygen atoms in total. The van der Waals surface area contributed by atoms with E-state index < -0.39 is 5.60 Å². The van der Waals surface area contributed by atoms with Crippen LogP contribution in [0.4, 0.5) is 4.79 Å². The van der Waals surface area contributed by atoms with Crippen LogP contribution in [0.15, 0.2) is 30.3 Å². The van der Waals surface area contributed by atoms with Crippen LogP contribution in [0.3, 0.4) is 0 Å². The summed E-state index contributed by atoms with van der Waals surface area (Å²) in [5, 5.41) is 0. The molecular weight excluding hydrogens is 254 g/mol. The number of amides is 1. The standard InChI is InChI=1S/C16H23NO3/c1-16(2,3)20-15(18)17-12-8-7-11-14(17)19-13-9-5-4-6-10-13/h4-6,9-10,14H,7-8,11-12H2,1-3H3. The largest absolute Gasteiger partial charge is 0.470 e. The molecule has 0 radical (unpaired) electrons. The zero-order valence-electron chi connectivity index (χ0n) is 12.5. The van der Waals surface area contributed by atoms with Crippen molar-refractivity contribution in [3.05, 3.63) is 30.3 Å². The molecule has 1 aromatic carbocycles. The third kappa shape index (κ3) is 4.15. The summed E-state index contributed by atoms with van der Waals surface area (Å²) in [6.45, 7) is 6.32. The molecule has 1 aliphatic heterocycles. The van der Waals surface area contributed by atoms with Gasteiger partial charge in [0.1, 0.15) is 11.4 Å². The summed E-state index contributed by atoms with van der Waals surface area (Å²) < 4.78 is 11.4. The molecule has 110 valence electrons. The number of para-hydroxylation sites is 1. The average molecular weight is 277 g/mol. The molecule has 0 spiro atoms. The van der Waals surface area contributed by atoms with Gasteiger partial charge in [-0.05, 0) is 45.7 Å². The zero-order valence-corrected chi connectivity index (χ0v) is 12.5. The quantitative estimate of drug-likeness (QED) is 0.825. The topological polar surface area (TPSA) is 38.8 Å². The first-order valence-corrected chi connectivity index (χ1v) is 7.17. The van der Waals surface area contributed by atoms with E-state index in [-0.39, 0.29) is 12.3 Å². The lowest BCUT2D eigenvalue weighted by Gasteiger charge is -2.36. The van der Waals surface area contributed by atoms with Gasteiger partial charge in [0.2, 0.25) is 0 Å². The maximum absolute atomic E-state index is 12.2. The minimum Gasteiger partial charge on any atom is -0.470 e. The number of rotatable bonds is 2. The van der Waals surface area contributed by atoms with Gasteiger partial charge in [0.15, 0.2) is 6.23 Å². The Labute approximate surface area is 120 Å². The molecule has 2 rings (SSSR count). The molecule has 20 heavy (non-hydrogen) atoms. The molecule has 1 atom stereocenters. The first kappa shape index (κ1) is 14.7. The fraction of sp³-hybridized carbons (Fsp3) is 0.562. The van der Waals surface area contributed by atoms with Gasteiger partial charge in [-0.25, -0.2) is 4.79 Å². The second-order valence-corrected chi connectivity index (χ2v) is 6.06. The van der Waals surface area contributed by atoms with Gasteiger partial charge in [0.05, 0.1) is 0 Å². The molecule has 4 heteroatoms. The van der Waals surface area contributed by atoms with Crippen molar-refractivity contribution in [3.63, 3.8) is 0 Å². The number of carbonyl (C=O) groups is 1. The summed E-state index contributed by atoms with van der Waals surface area (Å²) in [5.41, 5.74) is -0.480. The molecule has 0 bridgehead atoms. The van der Waals surface area contributed by atoms with E-state index in [1.54, 1.807) is 4.90 Å². The van der Waals surface area contributed by atoms with Crippen molar-refractivity contribution < 1.29 is 14.3 Å². The number of benzene rings is 1.